The summed E-state index contributed by atoms with van der Waals surface area (Å²) in [6, 6.07) is -1.26. The molecule has 2 aliphatic rings. The lowest BCUT2D eigenvalue weighted by molar-refractivity contribution is -0.0480. The smallest absolute Gasteiger partial charge is 0.248 e. The molecule has 0 amide bonds. The van der Waals surface area contributed by atoms with E-state index in [4.69, 9.17) is 9.26 Å². The first-order valence-electron chi connectivity index (χ1n) is 9.47. The number of aryl methyl sites for hydroxylation is 2. The summed E-state index contributed by atoms with van der Waals surface area (Å²) in [5, 5.41) is 22.3. The van der Waals surface area contributed by atoms with Crippen molar-refractivity contribution in [3.8, 4) is 0 Å². The van der Waals surface area contributed by atoms with Crippen LogP contribution in [-0.2, 0) is 24.8 Å². The summed E-state index contributed by atoms with van der Waals surface area (Å²) in [4.78, 5) is -0.0959. The van der Waals surface area contributed by atoms with Crippen LogP contribution < -0.4 is 5.48 Å². The van der Waals surface area contributed by atoms with Crippen molar-refractivity contribution in [2.75, 3.05) is 26.7 Å². The van der Waals surface area contributed by atoms with Crippen LogP contribution in [0.2, 0.25) is 0 Å². The van der Waals surface area contributed by atoms with Gasteiger partial charge >= 0.3 is 0 Å². The van der Waals surface area contributed by atoms with Gasteiger partial charge in [-0.25, -0.2) is 16.8 Å². The molecule has 3 atom stereocenters. The lowest BCUT2D eigenvalue weighted by Crippen LogP contribution is -2.63. The van der Waals surface area contributed by atoms with Crippen LogP contribution in [0.25, 0.3) is 0 Å². The fourth-order valence-corrected chi connectivity index (χ4v) is 7.34. The van der Waals surface area contributed by atoms with Gasteiger partial charge in [0.1, 0.15) is 22.6 Å². The third-order valence-electron chi connectivity index (χ3n) is 5.36. The molecule has 3 rings (SSSR count). The predicted molar refractivity (Wildman–Crippen MR) is 108 cm³/mol. The molecule has 1 fully saturated rings. The van der Waals surface area contributed by atoms with Gasteiger partial charge in [0.05, 0.1) is 18.4 Å². The van der Waals surface area contributed by atoms with Crippen molar-refractivity contribution in [3.63, 3.8) is 0 Å². The van der Waals surface area contributed by atoms with Crippen LogP contribution in [0.15, 0.2) is 33.4 Å². The van der Waals surface area contributed by atoms with Crippen molar-refractivity contribution in [1.29, 1.82) is 0 Å². The zero-order valence-electron chi connectivity index (χ0n) is 17.3. The number of ether oxygens (including phenoxy) is 1. The molecule has 31 heavy (non-hydrogen) atoms. The van der Waals surface area contributed by atoms with E-state index >= 15 is 0 Å². The fourth-order valence-electron chi connectivity index (χ4n) is 3.74. The Kier molecular flexibility index (Phi) is 6.90. The number of hydrogen-bond acceptors (Lipinski definition) is 10. The molecule has 1 saturated heterocycles. The lowest BCUT2D eigenvalue weighted by Gasteiger charge is -2.42. The molecular weight excluding hydrogens is 452 g/mol. The van der Waals surface area contributed by atoms with Gasteiger partial charge in [-0.3, -0.25) is 0 Å². The Morgan fingerprint density at radius 1 is 1.29 bits per heavy atom. The van der Waals surface area contributed by atoms with Crippen LogP contribution >= 0.6 is 0 Å². The van der Waals surface area contributed by atoms with E-state index in [0.29, 0.717) is 5.76 Å². The van der Waals surface area contributed by atoms with E-state index < -0.39 is 37.6 Å². The molecule has 0 aromatic carbocycles. The first kappa shape index (κ1) is 23.8. The lowest BCUT2D eigenvalue weighted by atomic mass is 10.2. The second-order valence-corrected chi connectivity index (χ2v) is 11.2. The fraction of sp³-hybridized carbons (Fsp3) is 0.588. The van der Waals surface area contributed by atoms with Gasteiger partial charge in [-0.15, -0.1) is 0 Å². The molecule has 3 N–H and O–H groups in total. The average Bonchev–Trinajstić information content (AvgIpc) is 3.11. The molecule has 0 bridgehead atoms. The summed E-state index contributed by atoms with van der Waals surface area (Å²) in [5.41, 5.74) is 1.81. The first-order valence-corrected chi connectivity index (χ1v) is 12.4. The molecular formula is C17H26N4O8S2. The quantitative estimate of drug-likeness (QED) is 0.342. The maximum atomic E-state index is 13.3. The van der Waals surface area contributed by atoms with Crippen LogP contribution in [0, 0.1) is 13.8 Å². The SMILES string of the molecule is COC1=CCC(S(=O)(=O)N2CCN(S(=O)(=O)c3c(C)noc3C)CC2C(O)NO)C=C1. The maximum Gasteiger partial charge on any atom is 0.248 e. The van der Waals surface area contributed by atoms with Gasteiger partial charge in [0.15, 0.2) is 5.76 Å². The number of nitrogens with one attached hydrogen (secondary N) is 1. The van der Waals surface area contributed by atoms with Gasteiger partial charge in [-0.05, 0) is 32.4 Å². The van der Waals surface area contributed by atoms with Gasteiger partial charge in [0.2, 0.25) is 20.0 Å². The maximum absolute atomic E-state index is 13.3. The van der Waals surface area contributed by atoms with Crippen LogP contribution in [0.3, 0.4) is 0 Å². The van der Waals surface area contributed by atoms with E-state index in [9.17, 15) is 27.1 Å². The Bertz CT molecular complexity index is 1060. The molecule has 2 heterocycles. The molecule has 0 saturated carbocycles. The summed E-state index contributed by atoms with van der Waals surface area (Å²) >= 11 is 0. The highest BCUT2D eigenvalue weighted by Crippen LogP contribution is 2.29. The number of methoxy groups -OCH3 is 1. The van der Waals surface area contributed by atoms with Gasteiger partial charge < -0.3 is 19.6 Å². The second kappa shape index (κ2) is 8.97. The van der Waals surface area contributed by atoms with E-state index in [1.54, 1.807) is 17.6 Å². The number of rotatable bonds is 7. The third-order valence-corrected chi connectivity index (χ3v) is 9.70. The van der Waals surface area contributed by atoms with Crippen LogP contribution in [0.5, 0.6) is 0 Å². The molecule has 0 spiro atoms. The normalized spacial score (nSPS) is 24.7. The monoisotopic (exact) mass is 478 g/mol. The standard InChI is InChI=1S/C17H26N4O8S2/c1-11-16(12(2)29-19-11)31(26,27)20-8-9-21(15(10-20)17(22)18-23)30(24,25)14-6-4-13(28-3)5-7-14/h4-6,14-15,17-18,22-23H,7-10H2,1-3H3. The highest BCUT2D eigenvalue weighted by Gasteiger charge is 2.45. The molecule has 1 aromatic heterocycles. The number of aliphatic hydroxyl groups is 1. The third kappa shape index (κ3) is 4.41. The molecule has 12 nitrogen and oxygen atoms in total. The molecule has 3 unspecified atom stereocenters. The van der Waals surface area contributed by atoms with Crippen molar-refractivity contribution >= 4 is 20.0 Å². The first-order chi connectivity index (χ1) is 14.5. The summed E-state index contributed by atoms with van der Waals surface area (Å²) in [6.45, 7) is 2.22. The van der Waals surface area contributed by atoms with Crippen molar-refractivity contribution in [2.24, 2.45) is 0 Å². The zero-order valence-corrected chi connectivity index (χ0v) is 18.9. The Labute approximate surface area is 180 Å². The number of hydroxylamine groups is 1. The van der Waals surface area contributed by atoms with Crippen molar-refractivity contribution in [2.45, 2.75) is 42.7 Å². The second-order valence-electron chi connectivity index (χ2n) is 7.26. The van der Waals surface area contributed by atoms with Gasteiger partial charge in [0.25, 0.3) is 0 Å². The molecule has 174 valence electrons. The number of aromatic nitrogens is 1. The van der Waals surface area contributed by atoms with Crippen LogP contribution in [0.1, 0.15) is 17.9 Å². The van der Waals surface area contributed by atoms with E-state index in [1.165, 1.54) is 27.0 Å². The zero-order chi connectivity index (χ0) is 23.0. The summed E-state index contributed by atoms with van der Waals surface area (Å²) in [6.07, 6.45) is 3.11. The van der Waals surface area contributed by atoms with E-state index in [0.717, 1.165) is 8.61 Å². The van der Waals surface area contributed by atoms with Crippen LogP contribution in [-0.4, -0.2) is 85.2 Å². The van der Waals surface area contributed by atoms with E-state index in [-0.39, 0.29) is 42.4 Å². The van der Waals surface area contributed by atoms with Gasteiger partial charge in [-0.2, -0.15) is 14.1 Å². The highest BCUT2D eigenvalue weighted by atomic mass is 32.2. The van der Waals surface area contributed by atoms with Crippen molar-refractivity contribution < 1.29 is 36.4 Å². The largest absolute Gasteiger partial charge is 0.497 e. The minimum Gasteiger partial charge on any atom is -0.497 e. The molecule has 1 aromatic rings. The number of piperazine rings is 1. The summed E-state index contributed by atoms with van der Waals surface area (Å²) < 4.78 is 64.9. The Morgan fingerprint density at radius 3 is 2.52 bits per heavy atom. The molecule has 1 aliphatic heterocycles. The van der Waals surface area contributed by atoms with Gasteiger partial charge in [0, 0.05) is 19.6 Å². The van der Waals surface area contributed by atoms with Crippen molar-refractivity contribution in [1.82, 2.24) is 19.2 Å². The average molecular weight is 479 g/mol. The predicted octanol–water partition coefficient (Wildman–Crippen LogP) is -0.548. The van der Waals surface area contributed by atoms with Gasteiger partial charge in [-0.1, -0.05) is 11.2 Å². The topological polar surface area (TPSA) is 163 Å². The highest BCUT2D eigenvalue weighted by molar-refractivity contribution is 7.90. The minimum absolute atomic E-state index is 0.0959. The Morgan fingerprint density at radius 2 is 2.00 bits per heavy atom. The number of nitrogens with zero attached hydrogens (tertiary/aromatic N) is 3. The number of allylic oxidation sites excluding steroid dienone is 2. The van der Waals surface area contributed by atoms with Crippen LogP contribution in [0.4, 0.5) is 0 Å². The number of hydrogen-bond donors (Lipinski definition) is 3. The van der Waals surface area contributed by atoms with E-state index in [2.05, 4.69) is 5.16 Å². The number of aliphatic hydroxyl groups excluding tert-OH is 1. The van der Waals surface area contributed by atoms with E-state index in [1.807, 2.05) is 0 Å². The molecule has 0 radical (unpaired) electrons. The Balaban J connectivity index is 1.89. The minimum atomic E-state index is -4.06. The van der Waals surface area contributed by atoms with Crippen molar-refractivity contribution in [3.05, 3.63) is 35.4 Å². The summed E-state index contributed by atoms with van der Waals surface area (Å²) in [7, 11) is -6.57. The molecule has 1 aliphatic carbocycles. The number of sulfonamides is 2. The summed E-state index contributed by atoms with van der Waals surface area (Å²) in [5.74, 6) is 0.647. The Hall–Kier alpha value is -1.81. The molecule has 14 heteroatoms.